The highest BCUT2D eigenvalue weighted by Gasteiger charge is 2.25. The molecule has 0 radical (unpaired) electrons. The van der Waals surface area contributed by atoms with E-state index in [1.165, 1.54) is 12.1 Å². The van der Waals surface area contributed by atoms with Gasteiger partial charge in [-0.15, -0.1) is 0 Å². The minimum absolute atomic E-state index is 0.0167. The molecule has 0 heterocycles. The van der Waals surface area contributed by atoms with Crippen molar-refractivity contribution in [3.8, 4) is 0 Å². The lowest BCUT2D eigenvalue weighted by Crippen LogP contribution is -2.18. The number of fused-ring (bicyclic) bond motifs is 2. The normalized spacial score (nSPS) is 14.6. The molecule has 0 saturated carbocycles. The molecule has 1 aliphatic carbocycles. The summed E-state index contributed by atoms with van der Waals surface area (Å²) in [6.07, 6.45) is 2.06. The van der Waals surface area contributed by atoms with Crippen LogP contribution in [0.1, 0.15) is 30.0 Å². The van der Waals surface area contributed by atoms with Gasteiger partial charge in [-0.2, -0.15) is 0 Å². The number of hydrogen-bond donors (Lipinski definition) is 2. The number of rotatable bonds is 3. The number of carbonyl (C=O) groups is 1. The van der Waals surface area contributed by atoms with Crippen molar-refractivity contribution in [2.24, 2.45) is 0 Å². The predicted octanol–water partition coefficient (Wildman–Crippen LogP) is 5.96. The van der Waals surface area contributed by atoms with Crippen LogP contribution in [0.3, 0.4) is 0 Å². The van der Waals surface area contributed by atoms with Crippen molar-refractivity contribution >= 4 is 49.8 Å². The summed E-state index contributed by atoms with van der Waals surface area (Å²) in [7, 11) is 0. The van der Waals surface area contributed by atoms with Crippen LogP contribution in [-0.4, -0.2) is 11.1 Å². The third-order valence-electron chi connectivity index (χ3n) is 5.12. The Morgan fingerprint density at radius 2 is 1.86 bits per heavy atom. The minimum Gasteiger partial charge on any atom is -0.289 e. The Balaban J connectivity index is 1.93. The molecule has 0 saturated heterocycles. The Hall–Kier alpha value is -2.76. The average Bonchev–Trinajstić information content (AvgIpc) is 2.95. The van der Waals surface area contributed by atoms with Gasteiger partial charge in [0.2, 0.25) is 5.91 Å². The third-order valence-corrected chi connectivity index (χ3v) is 5.81. The van der Waals surface area contributed by atoms with E-state index >= 15 is 0 Å². The maximum atomic E-state index is 13.9. The van der Waals surface area contributed by atoms with Gasteiger partial charge in [0, 0.05) is 4.47 Å². The third kappa shape index (κ3) is 3.17. The van der Waals surface area contributed by atoms with E-state index < -0.39 is 5.91 Å². The summed E-state index contributed by atoms with van der Waals surface area (Å²) in [5, 5.41) is 11.1. The number of allylic oxidation sites excluding steroid dienone is 2. The van der Waals surface area contributed by atoms with E-state index in [4.69, 9.17) is 5.21 Å². The number of carbonyl (C=O) groups excluding carboxylic acids is 1. The van der Waals surface area contributed by atoms with Crippen LogP contribution < -0.4 is 5.48 Å². The predicted molar refractivity (Wildman–Crippen MR) is 113 cm³/mol. The second-order valence-electron chi connectivity index (χ2n) is 6.75. The van der Waals surface area contributed by atoms with Gasteiger partial charge in [0.25, 0.3) is 0 Å². The van der Waals surface area contributed by atoms with E-state index in [9.17, 15) is 9.18 Å². The molecule has 0 spiro atoms. The highest BCUT2D eigenvalue weighted by molar-refractivity contribution is 9.10. The van der Waals surface area contributed by atoms with Crippen LogP contribution in [0.2, 0.25) is 0 Å². The second kappa shape index (κ2) is 7.34. The zero-order chi connectivity index (χ0) is 19.8. The second-order valence-corrected chi connectivity index (χ2v) is 7.60. The number of hydrogen-bond acceptors (Lipinski definition) is 2. The zero-order valence-electron chi connectivity index (χ0n) is 15.1. The lowest BCUT2D eigenvalue weighted by molar-refractivity contribution is -0.128. The molecule has 1 aliphatic rings. The Labute approximate surface area is 170 Å². The fourth-order valence-corrected chi connectivity index (χ4v) is 4.23. The molecule has 0 fully saturated rings. The summed E-state index contributed by atoms with van der Waals surface area (Å²) in [4.78, 5) is 11.8. The van der Waals surface area contributed by atoms with E-state index in [0.29, 0.717) is 11.1 Å². The summed E-state index contributed by atoms with van der Waals surface area (Å²) in [5.41, 5.74) is 6.83. The number of halogens is 2. The fourth-order valence-electron chi connectivity index (χ4n) is 3.75. The molecule has 4 rings (SSSR count). The number of amides is 1. The molecule has 0 aliphatic heterocycles. The molecule has 140 valence electrons. The lowest BCUT2D eigenvalue weighted by Gasteiger charge is -2.08. The average molecular weight is 438 g/mol. The van der Waals surface area contributed by atoms with Crippen molar-refractivity contribution in [1.29, 1.82) is 0 Å². The first kappa shape index (κ1) is 18.6. The first-order chi connectivity index (χ1) is 13.5. The summed E-state index contributed by atoms with van der Waals surface area (Å²) < 4.78 is 14.9. The highest BCUT2D eigenvalue weighted by atomic mass is 79.9. The van der Waals surface area contributed by atoms with E-state index in [0.717, 1.165) is 37.5 Å². The highest BCUT2D eigenvalue weighted by Crippen LogP contribution is 2.44. The molecular formula is C23H17BrFNO2. The minimum atomic E-state index is -0.528. The molecule has 0 atom stereocenters. The maximum Gasteiger partial charge on any atom is 0.247 e. The fraction of sp³-hybridized carbons (Fsp3) is 0.0870. The zero-order valence-corrected chi connectivity index (χ0v) is 16.7. The van der Waals surface area contributed by atoms with Crippen LogP contribution in [0.4, 0.5) is 4.39 Å². The van der Waals surface area contributed by atoms with Crippen LogP contribution in [0, 0.1) is 5.82 Å². The van der Waals surface area contributed by atoms with Gasteiger partial charge in [-0.1, -0.05) is 52.3 Å². The molecule has 0 bridgehead atoms. The number of benzene rings is 3. The summed E-state index contributed by atoms with van der Waals surface area (Å²) >= 11 is 3.59. The standard InChI is InChI=1S/C23H17BrFNO2/c1-13-19(10-14-6-9-22(24)18-5-3-2-4-16(14)18)17-8-7-15(25)11-21(17)20(13)12-23(27)26-28/h2-11,28H,12H2,1H3,(H,26,27). The molecule has 0 aromatic heterocycles. The Kier molecular flexibility index (Phi) is 4.87. The molecule has 28 heavy (non-hydrogen) atoms. The van der Waals surface area contributed by atoms with Gasteiger partial charge in [0.1, 0.15) is 5.82 Å². The van der Waals surface area contributed by atoms with Gasteiger partial charge in [0.15, 0.2) is 0 Å². The van der Waals surface area contributed by atoms with Crippen molar-refractivity contribution in [3.63, 3.8) is 0 Å². The van der Waals surface area contributed by atoms with E-state index in [1.807, 2.05) is 31.2 Å². The maximum absolute atomic E-state index is 13.9. The largest absolute Gasteiger partial charge is 0.289 e. The molecule has 3 nitrogen and oxygen atoms in total. The van der Waals surface area contributed by atoms with E-state index in [-0.39, 0.29) is 12.2 Å². The molecule has 1 amide bonds. The Morgan fingerprint density at radius 1 is 1.11 bits per heavy atom. The SMILES string of the molecule is CC1=C(CC(=O)NO)c2cc(F)ccc2C1=Cc1ccc(Br)c2ccccc12. The lowest BCUT2D eigenvalue weighted by atomic mass is 9.97. The molecule has 2 N–H and O–H groups in total. The molecule has 3 aromatic carbocycles. The Bertz CT molecular complexity index is 1180. The van der Waals surface area contributed by atoms with Crippen LogP contribution in [0.15, 0.2) is 64.6 Å². The molecule has 0 unspecified atom stereocenters. The van der Waals surface area contributed by atoms with E-state index in [2.05, 4.69) is 34.1 Å². The van der Waals surface area contributed by atoms with Crippen LogP contribution in [-0.2, 0) is 4.79 Å². The van der Waals surface area contributed by atoms with Gasteiger partial charge in [0.05, 0.1) is 6.42 Å². The van der Waals surface area contributed by atoms with Gasteiger partial charge in [-0.05, 0) is 75.4 Å². The van der Waals surface area contributed by atoms with Crippen molar-refractivity contribution in [1.82, 2.24) is 5.48 Å². The van der Waals surface area contributed by atoms with Crippen molar-refractivity contribution in [3.05, 3.63) is 87.2 Å². The van der Waals surface area contributed by atoms with Gasteiger partial charge in [-0.25, -0.2) is 9.87 Å². The first-order valence-electron chi connectivity index (χ1n) is 8.82. The summed E-state index contributed by atoms with van der Waals surface area (Å²) in [6, 6.07) is 16.8. The number of hydroxylamine groups is 1. The molecule has 3 aromatic rings. The Morgan fingerprint density at radius 3 is 2.61 bits per heavy atom. The molecular weight excluding hydrogens is 421 g/mol. The quantitative estimate of drug-likeness (QED) is 0.391. The van der Waals surface area contributed by atoms with E-state index in [1.54, 1.807) is 11.5 Å². The van der Waals surface area contributed by atoms with Crippen LogP contribution >= 0.6 is 15.9 Å². The van der Waals surface area contributed by atoms with Crippen molar-refractivity contribution < 1.29 is 14.4 Å². The number of nitrogens with one attached hydrogen (secondary N) is 1. The van der Waals surface area contributed by atoms with Crippen molar-refractivity contribution in [2.45, 2.75) is 13.3 Å². The van der Waals surface area contributed by atoms with Gasteiger partial charge in [-0.3, -0.25) is 10.0 Å². The van der Waals surface area contributed by atoms with Crippen molar-refractivity contribution in [2.75, 3.05) is 0 Å². The molecule has 5 heteroatoms. The van der Waals surface area contributed by atoms with Gasteiger partial charge >= 0.3 is 0 Å². The first-order valence-corrected chi connectivity index (χ1v) is 9.61. The van der Waals surface area contributed by atoms with Crippen LogP contribution in [0.5, 0.6) is 0 Å². The topological polar surface area (TPSA) is 49.3 Å². The smallest absolute Gasteiger partial charge is 0.247 e. The van der Waals surface area contributed by atoms with Crippen LogP contribution in [0.25, 0.3) is 28.0 Å². The monoisotopic (exact) mass is 437 g/mol. The van der Waals surface area contributed by atoms with Gasteiger partial charge < -0.3 is 0 Å². The summed E-state index contributed by atoms with van der Waals surface area (Å²) in [5.74, 6) is -0.885. The summed E-state index contributed by atoms with van der Waals surface area (Å²) in [6.45, 7) is 1.92.